The SMILES string of the molecule is CC(=O)OC[C@@]1(C(=O)O)CC[C@]2(C)[C@H](CC[C@@H]3[C@@]4(C)CC[C@H](OC(C)=O)C(C)(C)[C@@H]4CC[C@]32C)[C@@H]1O. The molecule has 7 heteroatoms. The molecule has 204 valence electrons. The summed E-state index contributed by atoms with van der Waals surface area (Å²) in [5.74, 6) is -1.10. The minimum Gasteiger partial charge on any atom is -0.481 e. The normalized spacial score (nSPS) is 47.5. The number of carboxylic acid groups (broad SMARTS) is 1. The van der Waals surface area contributed by atoms with Gasteiger partial charge in [-0.2, -0.15) is 0 Å². The van der Waals surface area contributed by atoms with E-state index in [2.05, 4.69) is 34.6 Å². The summed E-state index contributed by atoms with van der Waals surface area (Å²) in [6.07, 6.45) is 5.48. The van der Waals surface area contributed by atoms with E-state index in [4.69, 9.17) is 9.47 Å². The number of hydrogen-bond donors (Lipinski definition) is 2. The molecule has 4 aliphatic rings. The summed E-state index contributed by atoms with van der Waals surface area (Å²) in [5, 5.41) is 21.8. The average Bonchev–Trinajstić information content (AvgIpc) is 2.76. The topological polar surface area (TPSA) is 110 Å². The van der Waals surface area contributed by atoms with Gasteiger partial charge in [0.05, 0.1) is 6.10 Å². The summed E-state index contributed by atoms with van der Waals surface area (Å²) in [7, 11) is 0. The quantitative estimate of drug-likeness (QED) is 0.517. The van der Waals surface area contributed by atoms with Crippen LogP contribution in [0.25, 0.3) is 0 Å². The molecule has 4 aliphatic carbocycles. The molecule has 0 bridgehead atoms. The summed E-state index contributed by atoms with van der Waals surface area (Å²) < 4.78 is 11.0. The maximum Gasteiger partial charge on any atom is 0.315 e. The first-order valence-electron chi connectivity index (χ1n) is 13.8. The molecule has 7 nitrogen and oxygen atoms in total. The number of hydrogen-bond acceptors (Lipinski definition) is 6. The zero-order valence-electron chi connectivity index (χ0n) is 23.2. The minimum absolute atomic E-state index is 0.0431. The Balaban J connectivity index is 1.66. The van der Waals surface area contributed by atoms with Gasteiger partial charge in [0.2, 0.25) is 0 Å². The molecule has 0 aromatic heterocycles. The Morgan fingerprint density at radius 1 is 0.806 bits per heavy atom. The van der Waals surface area contributed by atoms with E-state index in [0.29, 0.717) is 24.7 Å². The van der Waals surface area contributed by atoms with Gasteiger partial charge in [0, 0.05) is 19.3 Å². The molecule has 4 saturated carbocycles. The Morgan fingerprint density at radius 3 is 2.06 bits per heavy atom. The number of esters is 2. The number of ether oxygens (including phenoxy) is 2. The van der Waals surface area contributed by atoms with Crippen molar-refractivity contribution in [1.29, 1.82) is 0 Å². The fourth-order valence-electron chi connectivity index (χ4n) is 10.0. The molecular weight excluding hydrogens is 460 g/mol. The molecule has 0 aromatic carbocycles. The third-order valence-corrected chi connectivity index (χ3v) is 12.2. The highest BCUT2D eigenvalue weighted by Gasteiger charge is 2.70. The van der Waals surface area contributed by atoms with Gasteiger partial charge in [-0.1, -0.05) is 34.6 Å². The van der Waals surface area contributed by atoms with Crippen molar-refractivity contribution in [2.75, 3.05) is 6.61 Å². The largest absolute Gasteiger partial charge is 0.481 e. The van der Waals surface area contributed by atoms with Gasteiger partial charge in [-0.3, -0.25) is 14.4 Å². The van der Waals surface area contributed by atoms with Crippen LogP contribution < -0.4 is 0 Å². The molecule has 0 aliphatic heterocycles. The molecule has 0 unspecified atom stereocenters. The Hall–Kier alpha value is -1.63. The zero-order chi connectivity index (χ0) is 26.9. The van der Waals surface area contributed by atoms with Crippen molar-refractivity contribution in [2.24, 2.45) is 44.8 Å². The highest BCUT2D eigenvalue weighted by molar-refractivity contribution is 5.77. The lowest BCUT2D eigenvalue weighted by molar-refractivity contribution is -0.261. The van der Waals surface area contributed by atoms with Crippen molar-refractivity contribution in [1.82, 2.24) is 0 Å². The lowest BCUT2D eigenvalue weighted by atomic mass is 9.33. The van der Waals surface area contributed by atoms with Crippen LogP contribution in [0.15, 0.2) is 0 Å². The number of carbonyl (C=O) groups is 3. The summed E-state index contributed by atoms with van der Waals surface area (Å²) in [4.78, 5) is 35.8. The summed E-state index contributed by atoms with van der Waals surface area (Å²) in [5.41, 5.74) is -1.74. The van der Waals surface area contributed by atoms with Crippen molar-refractivity contribution < 1.29 is 34.1 Å². The van der Waals surface area contributed by atoms with E-state index >= 15 is 0 Å². The van der Waals surface area contributed by atoms with E-state index in [1.54, 1.807) is 0 Å². The van der Waals surface area contributed by atoms with Crippen LogP contribution in [0, 0.1) is 44.8 Å². The van der Waals surface area contributed by atoms with Crippen molar-refractivity contribution in [3.8, 4) is 0 Å². The predicted molar refractivity (Wildman–Crippen MR) is 134 cm³/mol. The van der Waals surface area contributed by atoms with Gasteiger partial charge in [-0.15, -0.1) is 0 Å². The third kappa shape index (κ3) is 3.65. The van der Waals surface area contributed by atoms with Crippen LogP contribution in [0.2, 0.25) is 0 Å². The highest BCUT2D eigenvalue weighted by atomic mass is 16.5. The van der Waals surface area contributed by atoms with Gasteiger partial charge in [-0.05, 0) is 85.4 Å². The first-order chi connectivity index (χ1) is 16.6. The predicted octanol–water partition coefficient (Wildman–Crippen LogP) is 4.98. The number of aliphatic carboxylic acids is 1. The van der Waals surface area contributed by atoms with Gasteiger partial charge in [0.25, 0.3) is 0 Å². The highest BCUT2D eigenvalue weighted by Crippen LogP contribution is 2.74. The zero-order valence-corrected chi connectivity index (χ0v) is 23.2. The summed E-state index contributed by atoms with van der Waals surface area (Å²) in [6, 6.07) is 0. The monoisotopic (exact) mass is 506 g/mol. The van der Waals surface area contributed by atoms with Crippen LogP contribution in [0.1, 0.15) is 99.8 Å². The molecule has 4 rings (SSSR count). The molecule has 9 atom stereocenters. The molecule has 0 saturated heterocycles. The van der Waals surface area contributed by atoms with Crippen LogP contribution in [-0.2, 0) is 23.9 Å². The number of fused-ring (bicyclic) bond motifs is 5. The standard InChI is InChI=1S/C29H46O7/c1-17(30)35-16-29(24(33)34)15-14-27(6)19(23(29)32)8-9-21-26(5)12-11-22(36-18(2)31)25(3,4)20(26)10-13-28(21,27)7/h19-23,32H,8-16H2,1-7H3,(H,33,34)/t19-,20+,21-,22+,23+,26+,27-,28-,29+/m1/s1. The number of carboxylic acids is 1. The van der Waals surface area contributed by atoms with Gasteiger partial charge in [-0.25, -0.2) is 0 Å². The van der Waals surface area contributed by atoms with Crippen molar-refractivity contribution >= 4 is 17.9 Å². The van der Waals surface area contributed by atoms with Crippen molar-refractivity contribution in [3.63, 3.8) is 0 Å². The van der Waals surface area contributed by atoms with E-state index in [1.165, 1.54) is 13.8 Å². The van der Waals surface area contributed by atoms with Crippen LogP contribution in [0.4, 0.5) is 0 Å². The fraction of sp³-hybridized carbons (Fsp3) is 0.897. The minimum atomic E-state index is -1.45. The average molecular weight is 507 g/mol. The van der Waals surface area contributed by atoms with Crippen LogP contribution >= 0.6 is 0 Å². The van der Waals surface area contributed by atoms with Crippen LogP contribution in [0.3, 0.4) is 0 Å². The second-order valence-corrected chi connectivity index (χ2v) is 13.8. The maximum absolute atomic E-state index is 12.5. The van der Waals surface area contributed by atoms with E-state index in [1.807, 2.05) is 0 Å². The molecule has 0 aromatic rings. The molecule has 0 spiro atoms. The molecule has 36 heavy (non-hydrogen) atoms. The van der Waals surface area contributed by atoms with Gasteiger partial charge in [0.1, 0.15) is 18.1 Å². The van der Waals surface area contributed by atoms with Gasteiger partial charge < -0.3 is 19.7 Å². The number of rotatable bonds is 4. The number of aliphatic hydroxyl groups is 1. The summed E-state index contributed by atoms with van der Waals surface area (Å²) >= 11 is 0. The summed E-state index contributed by atoms with van der Waals surface area (Å²) in [6.45, 7) is 14.1. The Labute approximate surface area is 215 Å². The Morgan fingerprint density at radius 2 is 1.47 bits per heavy atom. The van der Waals surface area contributed by atoms with E-state index in [-0.39, 0.29) is 46.3 Å². The second-order valence-electron chi connectivity index (χ2n) is 13.8. The molecular formula is C29H46O7. The second kappa shape index (κ2) is 8.71. The lowest BCUT2D eigenvalue weighted by Gasteiger charge is -2.72. The van der Waals surface area contributed by atoms with E-state index in [0.717, 1.165) is 38.5 Å². The molecule has 4 fully saturated rings. The fourth-order valence-corrected chi connectivity index (χ4v) is 10.0. The molecule has 0 amide bonds. The van der Waals surface area contributed by atoms with Gasteiger partial charge >= 0.3 is 17.9 Å². The third-order valence-electron chi connectivity index (χ3n) is 12.2. The van der Waals surface area contributed by atoms with Gasteiger partial charge in [0.15, 0.2) is 0 Å². The Kier molecular flexibility index (Phi) is 6.63. The van der Waals surface area contributed by atoms with Crippen LogP contribution in [-0.4, -0.2) is 46.9 Å². The van der Waals surface area contributed by atoms with Crippen LogP contribution in [0.5, 0.6) is 0 Å². The number of aliphatic hydroxyl groups excluding tert-OH is 1. The number of carbonyl (C=O) groups excluding carboxylic acids is 2. The molecule has 2 N–H and O–H groups in total. The van der Waals surface area contributed by atoms with E-state index in [9.17, 15) is 24.6 Å². The van der Waals surface area contributed by atoms with Crippen molar-refractivity contribution in [3.05, 3.63) is 0 Å². The lowest BCUT2D eigenvalue weighted by Crippen LogP contribution is -2.68. The molecule has 0 radical (unpaired) electrons. The first kappa shape index (κ1) is 27.4. The van der Waals surface area contributed by atoms with Crippen molar-refractivity contribution in [2.45, 2.75) is 112 Å². The smallest absolute Gasteiger partial charge is 0.315 e. The molecule has 0 heterocycles. The van der Waals surface area contributed by atoms with E-state index < -0.39 is 23.5 Å². The maximum atomic E-state index is 12.5. The first-order valence-corrected chi connectivity index (χ1v) is 13.8. The Bertz CT molecular complexity index is 929.